The van der Waals surface area contributed by atoms with Gasteiger partial charge in [-0.3, -0.25) is 4.72 Å². The predicted molar refractivity (Wildman–Crippen MR) is 131 cm³/mol. The average molecular weight is 537 g/mol. The second kappa shape index (κ2) is 9.84. The van der Waals surface area contributed by atoms with Gasteiger partial charge in [0.15, 0.2) is 10.6 Å². The van der Waals surface area contributed by atoms with Crippen LogP contribution in [0.2, 0.25) is 5.28 Å². The van der Waals surface area contributed by atoms with Gasteiger partial charge in [-0.1, -0.05) is 26.0 Å². The summed E-state index contributed by atoms with van der Waals surface area (Å²) in [6.07, 6.45) is 1.52. The second-order valence-electron chi connectivity index (χ2n) is 7.64. The maximum absolute atomic E-state index is 14.2. The molecule has 2 heterocycles. The summed E-state index contributed by atoms with van der Waals surface area (Å²) in [7, 11) is -3.26. The minimum Gasteiger partial charge on any atom is -0.494 e. The van der Waals surface area contributed by atoms with Gasteiger partial charge in [-0.05, 0) is 41.9 Å². The van der Waals surface area contributed by atoms with Crippen molar-refractivity contribution in [1.29, 1.82) is 0 Å². The lowest BCUT2D eigenvalue weighted by Crippen LogP contribution is -2.17. The first-order chi connectivity index (χ1) is 16.6. The Morgan fingerprint density at radius 3 is 2.37 bits per heavy atom. The molecule has 7 nitrogen and oxygen atoms in total. The number of nitrogens with one attached hydrogen (secondary N) is 1. The molecule has 2 aromatic carbocycles. The number of rotatable bonds is 7. The normalized spacial score (nSPS) is 11.6. The highest BCUT2D eigenvalue weighted by Gasteiger charge is 2.27. The van der Waals surface area contributed by atoms with Crippen LogP contribution >= 0.6 is 22.9 Å². The molecule has 1 N–H and O–H groups in total. The molecule has 0 aliphatic rings. The predicted octanol–water partition coefficient (Wildman–Crippen LogP) is 6.13. The lowest BCUT2D eigenvalue weighted by molar-refractivity contribution is 0.418. The molecule has 12 heteroatoms. The van der Waals surface area contributed by atoms with Gasteiger partial charge in [-0.25, -0.2) is 32.2 Å². The SMILES string of the molecule is COc1c(NS(=O)(=O)c2c(F)cccc2F)cccc1-c1nc(C(C)C)sc1-c1ccnc(Cl)n1. The van der Waals surface area contributed by atoms with Crippen molar-refractivity contribution < 1.29 is 21.9 Å². The van der Waals surface area contributed by atoms with Crippen molar-refractivity contribution in [2.24, 2.45) is 0 Å². The molecule has 4 rings (SSSR count). The Morgan fingerprint density at radius 2 is 1.74 bits per heavy atom. The lowest BCUT2D eigenvalue weighted by atomic mass is 10.1. The molecule has 0 bridgehead atoms. The minimum absolute atomic E-state index is 0.0154. The van der Waals surface area contributed by atoms with E-state index in [1.54, 1.807) is 18.2 Å². The fourth-order valence-corrected chi connectivity index (χ4v) is 5.76. The van der Waals surface area contributed by atoms with Crippen LogP contribution in [0.1, 0.15) is 24.8 Å². The van der Waals surface area contributed by atoms with Gasteiger partial charge in [0.25, 0.3) is 10.0 Å². The molecular formula is C23H19ClF2N4O3S2. The number of para-hydroxylation sites is 1. The second-order valence-corrected chi connectivity index (χ2v) is 10.6. The number of aromatic nitrogens is 3. The summed E-state index contributed by atoms with van der Waals surface area (Å²) in [4.78, 5) is 12.6. The summed E-state index contributed by atoms with van der Waals surface area (Å²) in [5.74, 6) is -2.20. The van der Waals surface area contributed by atoms with E-state index in [9.17, 15) is 17.2 Å². The Hall–Kier alpha value is -3.15. The van der Waals surface area contributed by atoms with Crippen molar-refractivity contribution in [3.8, 4) is 27.6 Å². The summed E-state index contributed by atoms with van der Waals surface area (Å²) >= 11 is 7.41. The minimum atomic E-state index is -4.62. The number of thiazole rings is 1. The van der Waals surface area contributed by atoms with Crippen LogP contribution in [-0.2, 0) is 10.0 Å². The molecule has 0 atom stereocenters. The molecule has 0 saturated heterocycles. The Kier molecular flexibility index (Phi) is 7.02. The Bertz CT molecular complexity index is 1490. The first-order valence-corrected chi connectivity index (χ1v) is 12.9. The topological polar surface area (TPSA) is 94.1 Å². The van der Waals surface area contributed by atoms with E-state index in [1.165, 1.54) is 30.7 Å². The molecule has 0 saturated carbocycles. The van der Waals surface area contributed by atoms with E-state index >= 15 is 0 Å². The number of hydrogen-bond donors (Lipinski definition) is 1. The fraction of sp³-hybridized carbons (Fsp3) is 0.174. The van der Waals surface area contributed by atoms with Crippen molar-refractivity contribution in [3.05, 3.63) is 70.6 Å². The van der Waals surface area contributed by atoms with Gasteiger partial charge in [0, 0.05) is 17.7 Å². The summed E-state index contributed by atoms with van der Waals surface area (Å²) in [6, 6.07) is 9.22. The molecule has 0 unspecified atom stereocenters. The Balaban J connectivity index is 1.87. The van der Waals surface area contributed by atoms with Gasteiger partial charge in [0.2, 0.25) is 5.28 Å². The van der Waals surface area contributed by atoms with Crippen LogP contribution in [0.3, 0.4) is 0 Å². The summed E-state index contributed by atoms with van der Waals surface area (Å²) in [5, 5.41) is 0.875. The van der Waals surface area contributed by atoms with Crippen molar-refractivity contribution in [2.75, 3.05) is 11.8 Å². The van der Waals surface area contributed by atoms with Crippen LogP contribution in [0.15, 0.2) is 53.6 Å². The first-order valence-electron chi connectivity index (χ1n) is 10.3. The summed E-state index contributed by atoms with van der Waals surface area (Å²) in [5.41, 5.74) is 1.46. The highest BCUT2D eigenvalue weighted by molar-refractivity contribution is 7.92. The van der Waals surface area contributed by atoms with Crippen molar-refractivity contribution in [2.45, 2.75) is 24.7 Å². The number of hydrogen-bond acceptors (Lipinski definition) is 7. The zero-order chi connectivity index (χ0) is 25.3. The molecule has 0 radical (unpaired) electrons. The molecule has 2 aromatic heterocycles. The molecule has 0 fully saturated rings. The third kappa shape index (κ3) is 4.97. The van der Waals surface area contributed by atoms with Crippen LogP contribution in [0, 0.1) is 11.6 Å². The molecule has 0 aliphatic carbocycles. The van der Waals surface area contributed by atoms with Gasteiger partial charge in [0.1, 0.15) is 11.6 Å². The molecule has 4 aromatic rings. The van der Waals surface area contributed by atoms with E-state index < -0.39 is 26.6 Å². The Labute approximate surface area is 209 Å². The van der Waals surface area contributed by atoms with E-state index in [4.69, 9.17) is 21.3 Å². The van der Waals surface area contributed by atoms with Gasteiger partial charge in [-0.15, -0.1) is 11.3 Å². The smallest absolute Gasteiger partial charge is 0.267 e. The maximum atomic E-state index is 14.2. The third-order valence-electron chi connectivity index (χ3n) is 4.90. The number of benzene rings is 2. The molecule has 0 spiro atoms. The summed E-state index contributed by atoms with van der Waals surface area (Å²) in [6.45, 7) is 3.98. The Morgan fingerprint density at radius 1 is 1.06 bits per heavy atom. The first kappa shape index (κ1) is 25.0. The van der Waals surface area contributed by atoms with E-state index in [2.05, 4.69) is 14.7 Å². The van der Waals surface area contributed by atoms with E-state index in [-0.39, 0.29) is 22.6 Å². The van der Waals surface area contributed by atoms with Gasteiger partial charge >= 0.3 is 0 Å². The molecule has 0 amide bonds. The van der Waals surface area contributed by atoms with E-state index in [0.717, 1.165) is 23.2 Å². The highest BCUT2D eigenvalue weighted by Crippen LogP contribution is 2.44. The van der Waals surface area contributed by atoms with Crippen LogP contribution in [0.5, 0.6) is 5.75 Å². The van der Waals surface area contributed by atoms with Crippen LogP contribution in [0.4, 0.5) is 14.5 Å². The third-order valence-corrected chi connectivity index (χ3v) is 7.88. The maximum Gasteiger partial charge on any atom is 0.267 e. The van der Waals surface area contributed by atoms with Crippen LogP contribution in [-0.4, -0.2) is 30.5 Å². The monoisotopic (exact) mass is 536 g/mol. The number of sulfonamides is 1. The van der Waals surface area contributed by atoms with Crippen molar-refractivity contribution in [3.63, 3.8) is 0 Å². The van der Waals surface area contributed by atoms with Crippen LogP contribution < -0.4 is 9.46 Å². The van der Waals surface area contributed by atoms with Crippen molar-refractivity contribution in [1.82, 2.24) is 15.0 Å². The quantitative estimate of drug-likeness (QED) is 0.285. The van der Waals surface area contributed by atoms with Crippen LogP contribution in [0.25, 0.3) is 21.8 Å². The summed E-state index contributed by atoms with van der Waals surface area (Å²) < 4.78 is 62.0. The number of nitrogens with zero attached hydrogens (tertiary/aromatic N) is 3. The standard InChI is InChI=1S/C23H19ClF2N4O3S2/c1-12(2)22-29-18(20(34-22)17-10-11-27-23(24)28-17)13-6-4-9-16(19(13)33-3)30-35(31,32)21-14(25)7-5-8-15(21)26/h4-12,30H,1-3H3. The molecule has 0 aliphatic heterocycles. The number of anilines is 1. The van der Waals surface area contributed by atoms with E-state index in [1.807, 2.05) is 13.8 Å². The highest BCUT2D eigenvalue weighted by atomic mass is 35.5. The number of ether oxygens (including phenoxy) is 1. The van der Waals surface area contributed by atoms with E-state index in [0.29, 0.717) is 21.8 Å². The van der Waals surface area contributed by atoms with Gasteiger partial charge in [-0.2, -0.15) is 0 Å². The molecule has 35 heavy (non-hydrogen) atoms. The fourth-order valence-electron chi connectivity index (χ4n) is 3.36. The largest absolute Gasteiger partial charge is 0.494 e. The lowest BCUT2D eigenvalue weighted by Gasteiger charge is -2.16. The van der Waals surface area contributed by atoms with Gasteiger partial charge in [0.05, 0.1) is 34.1 Å². The zero-order valence-electron chi connectivity index (χ0n) is 18.7. The molecular weight excluding hydrogens is 518 g/mol. The average Bonchev–Trinajstić information content (AvgIpc) is 3.24. The molecule has 182 valence electrons. The number of halogens is 3. The van der Waals surface area contributed by atoms with Gasteiger partial charge < -0.3 is 4.74 Å². The zero-order valence-corrected chi connectivity index (χ0v) is 21.1. The number of methoxy groups -OCH3 is 1. The van der Waals surface area contributed by atoms with Crippen molar-refractivity contribution >= 4 is 38.6 Å².